The number of nitrogens with zero attached hydrogens (tertiary/aromatic N) is 6. The zero-order chi connectivity index (χ0) is 29.1. The lowest BCUT2D eigenvalue weighted by Crippen LogP contribution is -2.62. The van der Waals surface area contributed by atoms with Gasteiger partial charge in [-0.3, -0.25) is 9.69 Å². The third kappa shape index (κ3) is 5.87. The van der Waals surface area contributed by atoms with Gasteiger partial charge in [-0.25, -0.2) is 13.9 Å². The highest BCUT2D eigenvalue weighted by Crippen LogP contribution is 2.42. The maximum Gasteiger partial charge on any atom is 0.356 e. The number of carbonyl (C=O) groups is 2. The quantitative estimate of drug-likeness (QED) is 0.108. The smallest absolute Gasteiger partial charge is 0.356 e. The Morgan fingerprint density at radius 1 is 1.05 bits per heavy atom. The number of amides is 1. The van der Waals surface area contributed by atoms with Crippen molar-refractivity contribution in [3.8, 4) is 0 Å². The first-order valence-corrected chi connectivity index (χ1v) is 15.9. The molecular formula is C30H26N6O3S3. The number of esters is 1. The first-order chi connectivity index (χ1) is 20.5. The van der Waals surface area contributed by atoms with Crippen LogP contribution in [0.15, 0.2) is 111 Å². The fraction of sp³-hybridized carbons (Fsp3) is 0.200. The molecule has 1 aromatic heterocycles. The zero-order valence-corrected chi connectivity index (χ0v) is 25.2. The zero-order valence-electron chi connectivity index (χ0n) is 22.8. The summed E-state index contributed by atoms with van der Waals surface area (Å²) in [6.45, 7) is 2.02. The fourth-order valence-corrected chi connectivity index (χ4v) is 7.52. The number of fused-ring (bicyclic) bond motifs is 1. The SMILES string of the molecule is Cc1ccc(SN=C2C(=O)N3C(C(=O)OC(c4ccccc4)c4ccccc4)=C(CSc4nnnn4C)CSC23)cc1. The fourth-order valence-electron chi connectivity index (χ4n) is 4.56. The van der Waals surface area contributed by atoms with Crippen LogP contribution in [0.4, 0.5) is 0 Å². The van der Waals surface area contributed by atoms with Gasteiger partial charge in [0, 0.05) is 35.4 Å². The van der Waals surface area contributed by atoms with Crippen LogP contribution in [0.3, 0.4) is 0 Å². The van der Waals surface area contributed by atoms with E-state index in [2.05, 4.69) is 19.9 Å². The lowest BCUT2D eigenvalue weighted by molar-refractivity contribution is -0.147. The van der Waals surface area contributed by atoms with E-state index in [1.807, 2.05) is 91.9 Å². The van der Waals surface area contributed by atoms with Crippen molar-refractivity contribution in [1.29, 1.82) is 0 Å². The van der Waals surface area contributed by atoms with Crippen LogP contribution in [0.2, 0.25) is 0 Å². The standard InChI is InChI=1S/C30H26N6O3S3/c1-19-13-15-23(16-14-19)42-32-24-27(37)36-25(22(17-40-28(24)36)18-41-30-31-33-34-35(30)2)29(38)39-26(20-9-5-3-6-10-20)21-11-7-4-8-12-21/h3-16,26,28H,17-18H2,1-2H3. The van der Waals surface area contributed by atoms with Gasteiger partial charge in [-0.2, -0.15) is 0 Å². The Morgan fingerprint density at radius 2 is 1.71 bits per heavy atom. The van der Waals surface area contributed by atoms with Crippen LogP contribution in [0.25, 0.3) is 0 Å². The molecule has 1 unspecified atom stereocenters. The van der Waals surface area contributed by atoms with Crippen LogP contribution < -0.4 is 0 Å². The van der Waals surface area contributed by atoms with Gasteiger partial charge < -0.3 is 4.74 Å². The maximum absolute atomic E-state index is 14.1. The second-order valence-corrected chi connectivity index (χ2v) is 12.5. The molecule has 1 fully saturated rings. The minimum atomic E-state index is -0.640. The summed E-state index contributed by atoms with van der Waals surface area (Å²) >= 11 is 4.24. The first-order valence-electron chi connectivity index (χ1n) is 13.1. The number of β-lactam (4-membered cyclic amide) rings is 1. The van der Waals surface area contributed by atoms with Gasteiger partial charge in [0.1, 0.15) is 16.8 Å². The molecule has 1 atom stereocenters. The van der Waals surface area contributed by atoms with E-state index in [1.54, 1.807) is 23.5 Å². The summed E-state index contributed by atoms with van der Waals surface area (Å²) < 4.78 is 12.4. The molecule has 0 N–H and O–H groups in total. The van der Waals surface area contributed by atoms with Crippen LogP contribution in [0, 0.1) is 6.92 Å². The summed E-state index contributed by atoms with van der Waals surface area (Å²) in [6.07, 6.45) is -0.640. The largest absolute Gasteiger partial charge is 0.448 e. The summed E-state index contributed by atoms with van der Waals surface area (Å²) in [6, 6.07) is 27.2. The number of tetrazole rings is 1. The van der Waals surface area contributed by atoms with E-state index >= 15 is 0 Å². The maximum atomic E-state index is 14.1. The van der Waals surface area contributed by atoms with Gasteiger partial charge in [0.25, 0.3) is 5.91 Å². The summed E-state index contributed by atoms with van der Waals surface area (Å²) in [5, 5.41) is 11.9. The highest BCUT2D eigenvalue weighted by atomic mass is 32.2. The number of rotatable bonds is 9. The predicted octanol–water partition coefficient (Wildman–Crippen LogP) is 5.26. The first kappa shape index (κ1) is 28.3. The van der Waals surface area contributed by atoms with E-state index in [1.165, 1.54) is 28.6 Å². The summed E-state index contributed by atoms with van der Waals surface area (Å²) in [5.74, 6) is 0.113. The van der Waals surface area contributed by atoms with Crippen molar-refractivity contribution in [3.05, 3.63) is 113 Å². The topological polar surface area (TPSA) is 103 Å². The van der Waals surface area contributed by atoms with Gasteiger partial charge in [-0.05, 0) is 46.2 Å². The highest BCUT2D eigenvalue weighted by Gasteiger charge is 2.52. The molecule has 1 amide bonds. The van der Waals surface area contributed by atoms with Crippen LogP contribution in [0.5, 0.6) is 0 Å². The van der Waals surface area contributed by atoms with E-state index in [0.29, 0.717) is 22.4 Å². The number of aromatic nitrogens is 4. The second kappa shape index (κ2) is 12.6. The molecule has 2 aliphatic rings. The number of hydrogen-bond donors (Lipinski definition) is 0. The normalized spacial score (nSPS) is 17.4. The molecule has 3 aromatic carbocycles. The Balaban J connectivity index is 1.31. The molecule has 0 saturated carbocycles. The third-order valence-corrected chi connectivity index (χ3v) is 9.88. The van der Waals surface area contributed by atoms with Crippen LogP contribution in [0.1, 0.15) is 22.8 Å². The molecule has 42 heavy (non-hydrogen) atoms. The number of carbonyl (C=O) groups excluding carboxylic acids is 2. The van der Waals surface area contributed by atoms with E-state index in [4.69, 9.17) is 4.74 Å². The molecule has 0 spiro atoms. The van der Waals surface area contributed by atoms with Crippen molar-refractivity contribution in [1.82, 2.24) is 25.1 Å². The molecule has 0 radical (unpaired) electrons. The molecule has 4 aromatic rings. The number of aryl methyl sites for hydroxylation is 2. The van der Waals surface area contributed by atoms with Gasteiger partial charge in [0.15, 0.2) is 6.10 Å². The number of hydrogen-bond acceptors (Lipinski definition) is 10. The minimum absolute atomic E-state index is 0.266. The van der Waals surface area contributed by atoms with E-state index in [9.17, 15) is 9.59 Å². The van der Waals surface area contributed by atoms with Crippen molar-refractivity contribution in [2.75, 3.05) is 11.5 Å². The molecule has 212 valence electrons. The Morgan fingerprint density at radius 3 is 2.33 bits per heavy atom. The molecule has 2 aliphatic heterocycles. The Bertz CT molecular complexity index is 1620. The van der Waals surface area contributed by atoms with Crippen LogP contribution in [-0.4, -0.2) is 59.6 Å². The van der Waals surface area contributed by atoms with E-state index < -0.39 is 12.1 Å². The van der Waals surface area contributed by atoms with Crippen molar-refractivity contribution in [3.63, 3.8) is 0 Å². The number of benzene rings is 3. The third-order valence-electron chi connectivity index (χ3n) is 6.75. The van der Waals surface area contributed by atoms with Crippen molar-refractivity contribution in [2.45, 2.75) is 28.5 Å². The molecule has 12 heteroatoms. The molecule has 6 rings (SSSR count). The number of thioether (sulfide) groups is 2. The average molecular weight is 615 g/mol. The number of ether oxygens (including phenoxy) is 1. The van der Waals surface area contributed by atoms with E-state index in [-0.39, 0.29) is 17.0 Å². The molecule has 0 bridgehead atoms. The highest BCUT2D eigenvalue weighted by molar-refractivity contribution is 8.02. The predicted molar refractivity (Wildman–Crippen MR) is 165 cm³/mol. The molecule has 3 heterocycles. The Kier molecular flexibility index (Phi) is 8.45. The summed E-state index contributed by atoms with van der Waals surface area (Å²) in [4.78, 5) is 30.1. The molecule has 0 aliphatic carbocycles. The Hall–Kier alpha value is -3.87. The van der Waals surface area contributed by atoms with Gasteiger partial charge in [-0.15, -0.1) is 16.9 Å². The van der Waals surface area contributed by atoms with Crippen molar-refractivity contribution in [2.24, 2.45) is 11.4 Å². The average Bonchev–Trinajstić information content (AvgIpc) is 3.44. The molecule has 1 saturated heterocycles. The monoisotopic (exact) mass is 614 g/mol. The van der Waals surface area contributed by atoms with Crippen molar-refractivity contribution < 1.29 is 14.3 Å². The van der Waals surface area contributed by atoms with Crippen molar-refractivity contribution >= 4 is 53.1 Å². The lowest BCUT2D eigenvalue weighted by Gasteiger charge is -2.45. The van der Waals surface area contributed by atoms with Gasteiger partial charge in [0.05, 0.1) is 0 Å². The van der Waals surface area contributed by atoms with Crippen LogP contribution >= 0.6 is 35.5 Å². The molecular weight excluding hydrogens is 589 g/mol. The van der Waals surface area contributed by atoms with Gasteiger partial charge in [-0.1, -0.05) is 90.1 Å². The van der Waals surface area contributed by atoms with Gasteiger partial charge >= 0.3 is 5.97 Å². The van der Waals surface area contributed by atoms with Gasteiger partial charge in [0.2, 0.25) is 5.16 Å². The lowest BCUT2D eigenvalue weighted by atomic mass is 10.0. The minimum Gasteiger partial charge on any atom is -0.448 e. The Labute approximate surface area is 255 Å². The molecule has 9 nitrogen and oxygen atoms in total. The summed E-state index contributed by atoms with van der Waals surface area (Å²) in [7, 11) is 1.76. The second-order valence-electron chi connectivity index (χ2n) is 9.65. The van der Waals surface area contributed by atoms with Crippen LogP contribution in [-0.2, 0) is 21.4 Å². The summed E-state index contributed by atoms with van der Waals surface area (Å²) in [5.41, 5.74) is 4.32. The van der Waals surface area contributed by atoms with E-state index in [0.717, 1.165) is 27.2 Å².